The number of carbonyl (C=O) groups is 1. The van der Waals surface area contributed by atoms with Gasteiger partial charge in [0.2, 0.25) is 15.9 Å². The standard InChI is InChI=1S/C15H22N2O4S/c1-12-4-5-13(2)14(10-12)22(19,20)16(3)11-15(18)17-6-8-21-9-7-17/h4-5,10H,6-9,11H2,1-3H3. The minimum Gasteiger partial charge on any atom is -0.378 e. The van der Waals surface area contributed by atoms with E-state index in [2.05, 4.69) is 0 Å². The molecule has 0 N–H and O–H groups in total. The van der Waals surface area contributed by atoms with Crippen LogP contribution in [0.2, 0.25) is 0 Å². The maximum Gasteiger partial charge on any atom is 0.243 e. The van der Waals surface area contributed by atoms with Gasteiger partial charge in [-0.05, 0) is 31.0 Å². The van der Waals surface area contributed by atoms with Gasteiger partial charge in [0.1, 0.15) is 0 Å². The van der Waals surface area contributed by atoms with E-state index < -0.39 is 10.0 Å². The number of aryl methyl sites for hydroxylation is 2. The van der Waals surface area contributed by atoms with Crippen LogP contribution in [0.3, 0.4) is 0 Å². The lowest BCUT2D eigenvalue weighted by Crippen LogP contribution is -2.46. The van der Waals surface area contributed by atoms with Gasteiger partial charge in [0.25, 0.3) is 0 Å². The molecule has 0 aromatic heterocycles. The SMILES string of the molecule is Cc1ccc(C)c(S(=O)(=O)N(C)CC(=O)N2CCOCC2)c1. The second-order valence-electron chi connectivity index (χ2n) is 5.52. The van der Waals surface area contributed by atoms with Gasteiger partial charge in [-0.2, -0.15) is 4.31 Å². The van der Waals surface area contributed by atoms with Crippen LogP contribution in [0.4, 0.5) is 0 Å². The van der Waals surface area contributed by atoms with Crippen molar-refractivity contribution in [3.8, 4) is 0 Å². The second-order valence-corrected chi connectivity index (χ2v) is 7.54. The molecule has 1 saturated heterocycles. The molecule has 0 bridgehead atoms. The molecule has 0 aliphatic carbocycles. The normalized spacial score (nSPS) is 16.1. The smallest absolute Gasteiger partial charge is 0.243 e. The van der Waals surface area contributed by atoms with E-state index in [1.54, 1.807) is 24.0 Å². The van der Waals surface area contributed by atoms with Crippen LogP contribution in [-0.2, 0) is 19.6 Å². The molecule has 0 unspecified atom stereocenters. The second kappa shape index (κ2) is 6.76. The molecule has 0 radical (unpaired) electrons. The third-order valence-corrected chi connectivity index (χ3v) is 5.70. The van der Waals surface area contributed by atoms with Gasteiger partial charge in [-0.3, -0.25) is 4.79 Å². The first-order valence-electron chi connectivity index (χ1n) is 7.21. The molecule has 0 saturated carbocycles. The zero-order valence-corrected chi connectivity index (χ0v) is 14.0. The number of carbonyl (C=O) groups excluding carboxylic acids is 1. The summed E-state index contributed by atoms with van der Waals surface area (Å²) in [4.78, 5) is 14.1. The van der Waals surface area contributed by atoms with Crippen molar-refractivity contribution >= 4 is 15.9 Å². The molecule has 1 heterocycles. The van der Waals surface area contributed by atoms with Crippen molar-refractivity contribution < 1.29 is 17.9 Å². The molecular formula is C15H22N2O4S. The molecular weight excluding hydrogens is 304 g/mol. The average Bonchev–Trinajstić information content (AvgIpc) is 2.50. The number of ether oxygens (including phenoxy) is 1. The molecule has 6 nitrogen and oxygen atoms in total. The summed E-state index contributed by atoms with van der Waals surface area (Å²) in [6.45, 7) is 5.46. The van der Waals surface area contributed by atoms with E-state index in [-0.39, 0.29) is 17.3 Å². The van der Waals surface area contributed by atoms with Gasteiger partial charge in [0.05, 0.1) is 24.7 Å². The van der Waals surface area contributed by atoms with E-state index >= 15 is 0 Å². The lowest BCUT2D eigenvalue weighted by Gasteiger charge is -2.28. The number of morpholine rings is 1. The number of amides is 1. The maximum absolute atomic E-state index is 12.7. The van der Waals surface area contributed by atoms with Crippen molar-refractivity contribution in [2.45, 2.75) is 18.7 Å². The summed E-state index contributed by atoms with van der Waals surface area (Å²) < 4.78 is 31.6. The van der Waals surface area contributed by atoms with Crippen LogP contribution >= 0.6 is 0 Å². The first-order valence-corrected chi connectivity index (χ1v) is 8.65. The summed E-state index contributed by atoms with van der Waals surface area (Å²) in [5, 5.41) is 0. The van der Waals surface area contributed by atoms with Crippen LogP contribution in [0.5, 0.6) is 0 Å². The Morgan fingerprint density at radius 2 is 1.91 bits per heavy atom. The largest absolute Gasteiger partial charge is 0.378 e. The van der Waals surface area contributed by atoms with Crippen LogP contribution in [0, 0.1) is 13.8 Å². The Balaban J connectivity index is 2.15. The van der Waals surface area contributed by atoms with E-state index in [1.807, 2.05) is 13.0 Å². The predicted octanol–water partition coefficient (Wildman–Crippen LogP) is 0.783. The van der Waals surface area contributed by atoms with Crippen molar-refractivity contribution in [3.63, 3.8) is 0 Å². The van der Waals surface area contributed by atoms with E-state index in [9.17, 15) is 13.2 Å². The van der Waals surface area contributed by atoms with Crippen molar-refractivity contribution in [2.75, 3.05) is 39.9 Å². The maximum atomic E-state index is 12.7. The highest BCUT2D eigenvalue weighted by molar-refractivity contribution is 7.89. The summed E-state index contributed by atoms with van der Waals surface area (Å²) in [5.41, 5.74) is 1.55. The van der Waals surface area contributed by atoms with Crippen LogP contribution in [0.15, 0.2) is 23.1 Å². The van der Waals surface area contributed by atoms with E-state index in [4.69, 9.17) is 4.74 Å². The van der Waals surface area contributed by atoms with E-state index in [1.165, 1.54) is 7.05 Å². The highest BCUT2D eigenvalue weighted by Gasteiger charge is 2.27. The Kier molecular flexibility index (Phi) is 5.20. The first-order chi connectivity index (χ1) is 10.3. The molecule has 122 valence electrons. The van der Waals surface area contributed by atoms with Gasteiger partial charge >= 0.3 is 0 Å². The number of sulfonamides is 1. The molecule has 1 aliphatic heterocycles. The summed E-state index contributed by atoms with van der Waals surface area (Å²) in [7, 11) is -2.23. The summed E-state index contributed by atoms with van der Waals surface area (Å²) in [6, 6.07) is 5.29. The minimum atomic E-state index is -3.67. The van der Waals surface area contributed by atoms with Gasteiger partial charge in [0, 0.05) is 20.1 Å². The third kappa shape index (κ3) is 3.66. The van der Waals surface area contributed by atoms with Gasteiger partial charge in [-0.1, -0.05) is 12.1 Å². The third-order valence-electron chi connectivity index (χ3n) is 3.75. The fourth-order valence-corrected chi connectivity index (χ4v) is 3.77. The van der Waals surface area contributed by atoms with Crippen molar-refractivity contribution in [1.29, 1.82) is 0 Å². The first kappa shape index (κ1) is 16.9. The topological polar surface area (TPSA) is 66.9 Å². The zero-order chi connectivity index (χ0) is 16.3. The van der Waals surface area contributed by atoms with Gasteiger partial charge in [-0.25, -0.2) is 8.42 Å². The van der Waals surface area contributed by atoms with Crippen molar-refractivity contribution in [2.24, 2.45) is 0 Å². The van der Waals surface area contributed by atoms with Crippen molar-refractivity contribution in [1.82, 2.24) is 9.21 Å². The molecule has 7 heteroatoms. The van der Waals surface area contributed by atoms with Crippen molar-refractivity contribution in [3.05, 3.63) is 29.3 Å². The number of rotatable bonds is 4. The molecule has 1 aliphatic rings. The molecule has 1 fully saturated rings. The minimum absolute atomic E-state index is 0.157. The zero-order valence-electron chi connectivity index (χ0n) is 13.2. The number of nitrogens with zero attached hydrogens (tertiary/aromatic N) is 2. The highest BCUT2D eigenvalue weighted by atomic mass is 32.2. The number of benzene rings is 1. The summed E-state index contributed by atoms with van der Waals surface area (Å²) in [6.07, 6.45) is 0. The van der Waals surface area contributed by atoms with Crippen LogP contribution in [-0.4, -0.2) is 63.4 Å². The number of likely N-dealkylation sites (N-methyl/N-ethyl adjacent to an activating group) is 1. The Hall–Kier alpha value is -1.44. The quantitative estimate of drug-likeness (QED) is 0.820. The lowest BCUT2D eigenvalue weighted by atomic mass is 10.2. The molecule has 0 spiro atoms. The average molecular weight is 326 g/mol. The van der Waals surface area contributed by atoms with E-state index in [0.717, 1.165) is 9.87 Å². The van der Waals surface area contributed by atoms with Crippen LogP contribution in [0.1, 0.15) is 11.1 Å². The number of hydrogen-bond donors (Lipinski definition) is 0. The predicted molar refractivity (Wildman–Crippen MR) is 83.1 cm³/mol. The fourth-order valence-electron chi connectivity index (χ4n) is 2.34. The Labute approximate surface area is 131 Å². The molecule has 1 aromatic carbocycles. The van der Waals surface area contributed by atoms with Gasteiger partial charge in [0.15, 0.2) is 0 Å². The summed E-state index contributed by atoms with van der Waals surface area (Å²) in [5.74, 6) is -0.195. The highest BCUT2D eigenvalue weighted by Crippen LogP contribution is 2.20. The lowest BCUT2D eigenvalue weighted by molar-refractivity contribution is -0.135. The Morgan fingerprint density at radius 3 is 2.55 bits per heavy atom. The molecule has 1 aromatic rings. The summed E-state index contributed by atoms with van der Waals surface area (Å²) >= 11 is 0. The Bertz CT molecular complexity index is 652. The van der Waals surface area contributed by atoms with Gasteiger partial charge < -0.3 is 9.64 Å². The molecule has 1 amide bonds. The monoisotopic (exact) mass is 326 g/mol. The van der Waals surface area contributed by atoms with E-state index in [0.29, 0.717) is 31.9 Å². The van der Waals surface area contributed by atoms with Crippen LogP contribution < -0.4 is 0 Å². The molecule has 2 rings (SSSR count). The van der Waals surface area contributed by atoms with Crippen LogP contribution in [0.25, 0.3) is 0 Å². The molecule has 0 atom stereocenters. The number of hydrogen-bond acceptors (Lipinski definition) is 4. The van der Waals surface area contributed by atoms with Gasteiger partial charge in [-0.15, -0.1) is 0 Å². The fraction of sp³-hybridized carbons (Fsp3) is 0.533. The Morgan fingerprint density at radius 1 is 1.27 bits per heavy atom. The molecule has 22 heavy (non-hydrogen) atoms.